The van der Waals surface area contributed by atoms with E-state index in [1.807, 2.05) is 0 Å². The van der Waals surface area contributed by atoms with Crippen molar-refractivity contribution in [3.8, 4) is 0 Å². The van der Waals surface area contributed by atoms with Crippen LogP contribution in [0.3, 0.4) is 0 Å². The van der Waals surface area contributed by atoms with Gasteiger partial charge in [-0.2, -0.15) is 0 Å². The molecule has 13 nitrogen and oxygen atoms in total. The Kier molecular flexibility index (Phi) is 25.7. The third kappa shape index (κ3) is 22.5. The Balaban J connectivity index is 1.81. The topological polar surface area (TPSA) is 116 Å². The number of hydrogen-bond donors (Lipinski definition) is 0. The van der Waals surface area contributed by atoms with E-state index in [0.717, 1.165) is 19.2 Å². The summed E-state index contributed by atoms with van der Waals surface area (Å²) in [7, 11) is 1.65. The zero-order valence-corrected chi connectivity index (χ0v) is 25.0. The molecule has 1 rings (SSSR count). The van der Waals surface area contributed by atoms with E-state index in [2.05, 4.69) is 35.7 Å². The van der Waals surface area contributed by atoms with Crippen molar-refractivity contribution in [2.45, 2.75) is 13.1 Å². The Hall–Kier alpha value is -1.81. The molecule has 1 heterocycles. The van der Waals surface area contributed by atoms with Gasteiger partial charge in [0.25, 0.3) is 0 Å². The van der Waals surface area contributed by atoms with Crippen molar-refractivity contribution >= 4 is 5.97 Å². The van der Waals surface area contributed by atoms with E-state index in [1.165, 1.54) is 0 Å². The lowest BCUT2D eigenvalue weighted by Gasteiger charge is -2.29. The highest BCUT2D eigenvalue weighted by Crippen LogP contribution is 2.14. The summed E-state index contributed by atoms with van der Waals surface area (Å²) in [6, 6.07) is 0. The highest BCUT2D eigenvalue weighted by molar-refractivity contribution is 5.81. The molecule has 240 valence electrons. The van der Waals surface area contributed by atoms with Crippen molar-refractivity contribution in [1.82, 2.24) is 9.80 Å². The molecule has 0 spiro atoms. The summed E-state index contributed by atoms with van der Waals surface area (Å²) in [6.07, 6.45) is 5.54. The van der Waals surface area contributed by atoms with Gasteiger partial charge in [0.1, 0.15) is 6.61 Å². The molecule has 0 aromatic heterocycles. The van der Waals surface area contributed by atoms with Crippen molar-refractivity contribution in [2.75, 3.05) is 139 Å². The number of carbonyl (C=O) groups is 1. The number of rotatable bonds is 31. The zero-order valence-electron chi connectivity index (χ0n) is 25.0. The Morgan fingerprint density at radius 3 is 1.24 bits per heavy atom. The highest BCUT2D eigenvalue weighted by atomic mass is 16.6. The van der Waals surface area contributed by atoms with Crippen molar-refractivity contribution in [1.29, 1.82) is 0 Å². The summed E-state index contributed by atoms with van der Waals surface area (Å²) in [5.74, 6) is -0.451. The number of methoxy groups -OCH3 is 1. The van der Waals surface area contributed by atoms with Gasteiger partial charge in [-0.15, -0.1) is 0 Å². The molecule has 0 amide bonds. The summed E-state index contributed by atoms with van der Waals surface area (Å²) in [5.41, 5.74) is 0. The van der Waals surface area contributed by atoms with Gasteiger partial charge in [0.15, 0.2) is 0 Å². The molecule has 0 radical (unpaired) electrons. The van der Waals surface area contributed by atoms with Crippen LogP contribution in [-0.4, -0.2) is 161 Å². The van der Waals surface area contributed by atoms with Gasteiger partial charge in [0.2, 0.25) is 0 Å². The van der Waals surface area contributed by atoms with Crippen LogP contribution in [0.25, 0.3) is 0 Å². The summed E-state index contributed by atoms with van der Waals surface area (Å²) in [6.45, 7) is 16.3. The van der Waals surface area contributed by atoms with E-state index in [9.17, 15) is 4.79 Å². The maximum absolute atomic E-state index is 10.9. The van der Waals surface area contributed by atoms with Crippen LogP contribution in [0.1, 0.15) is 6.92 Å². The molecule has 0 saturated carbocycles. The first-order valence-electron chi connectivity index (χ1n) is 14.3. The summed E-state index contributed by atoms with van der Waals surface area (Å²) in [5, 5.41) is 0. The van der Waals surface area contributed by atoms with Crippen molar-refractivity contribution in [3.63, 3.8) is 0 Å². The van der Waals surface area contributed by atoms with Crippen LogP contribution in [0, 0.1) is 0 Å². The van der Waals surface area contributed by atoms with Crippen LogP contribution in [0.15, 0.2) is 25.1 Å². The van der Waals surface area contributed by atoms with Gasteiger partial charge in [-0.25, -0.2) is 4.79 Å². The lowest BCUT2D eigenvalue weighted by molar-refractivity contribution is -0.139. The predicted molar refractivity (Wildman–Crippen MR) is 152 cm³/mol. The van der Waals surface area contributed by atoms with Crippen LogP contribution in [-0.2, 0) is 52.2 Å². The Bertz CT molecular complexity index is 642. The molecule has 0 N–H and O–H groups in total. The molecule has 1 unspecified atom stereocenters. The molecule has 0 aromatic rings. The molecule has 1 atom stereocenters. The van der Waals surface area contributed by atoms with Crippen LogP contribution in [0.2, 0.25) is 0 Å². The molecule has 1 aliphatic rings. The van der Waals surface area contributed by atoms with Gasteiger partial charge in [-0.3, -0.25) is 0 Å². The minimum Gasteiger partial charge on any atom is -0.460 e. The first-order chi connectivity index (χ1) is 20.2. The van der Waals surface area contributed by atoms with Crippen molar-refractivity contribution in [2.24, 2.45) is 0 Å². The third-order valence-electron chi connectivity index (χ3n) is 5.70. The summed E-state index contributed by atoms with van der Waals surface area (Å²) >= 11 is 0. The molecule has 13 heteroatoms. The van der Waals surface area contributed by atoms with E-state index < -0.39 is 5.97 Å². The van der Waals surface area contributed by atoms with Gasteiger partial charge in [-0.1, -0.05) is 6.58 Å². The SMILES string of the molecule is C=CC(=O)OCCOCCOCCOCCN1C=CN(CCOCCOCCOCCOCCOCCOC)C1C. The standard InChI is InChI=1S/C28H52N2O11/c1-4-28(31)41-26-25-40-24-23-37-16-14-34-10-8-30-6-5-29(27(30)2)7-9-33-13-15-36-19-20-39-22-21-38-18-17-35-12-11-32-3/h4-6,27H,1,7-26H2,2-3H3. The molecule has 0 saturated heterocycles. The second-order valence-corrected chi connectivity index (χ2v) is 8.67. The molecule has 0 aliphatic carbocycles. The Morgan fingerprint density at radius 1 is 0.585 bits per heavy atom. The van der Waals surface area contributed by atoms with E-state index in [1.54, 1.807) is 7.11 Å². The average Bonchev–Trinajstić information content (AvgIpc) is 3.33. The van der Waals surface area contributed by atoms with Gasteiger partial charge < -0.3 is 57.2 Å². The number of esters is 1. The number of nitrogens with zero attached hydrogens (tertiary/aromatic N) is 2. The van der Waals surface area contributed by atoms with E-state index in [-0.39, 0.29) is 12.8 Å². The molecule has 0 fully saturated rings. The molecular formula is C28H52N2O11. The largest absolute Gasteiger partial charge is 0.460 e. The third-order valence-corrected chi connectivity index (χ3v) is 5.70. The van der Waals surface area contributed by atoms with Gasteiger partial charge in [0.05, 0.1) is 118 Å². The minimum atomic E-state index is -0.451. The Morgan fingerprint density at radius 2 is 0.902 bits per heavy atom. The lowest BCUT2D eigenvalue weighted by atomic mass is 10.4. The number of hydrogen-bond acceptors (Lipinski definition) is 13. The predicted octanol–water partition coefficient (Wildman–Crippen LogP) is 0.930. The van der Waals surface area contributed by atoms with E-state index in [0.29, 0.717) is 112 Å². The highest BCUT2D eigenvalue weighted by Gasteiger charge is 2.20. The molecule has 0 bridgehead atoms. The van der Waals surface area contributed by atoms with Crippen molar-refractivity contribution in [3.05, 3.63) is 25.1 Å². The first kappa shape index (κ1) is 37.2. The van der Waals surface area contributed by atoms with Crippen LogP contribution < -0.4 is 0 Å². The summed E-state index contributed by atoms with van der Waals surface area (Å²) < 4.78 is 53.6. The second kappa shape index (κ2) is 28.3. The van der Waals surface area contributed by atoms with Crippen LogP contribution in [0.4, 0.5) is 0 Å². The van der Waals surface area contributed by atoms with Gasteiger partial charge in [-0.05, 0) is 6.92 Å². The quantitative estimate of drug-likeness (QED) is 0.0646. The average molecular weight is 593 g/mol. The zero-order chi connectivity index (χ0) is 29.6. The van der Waals surface area contributed by atoms with Gasteiger partial charge >= 0.3 is 5.97 Å². The molecular weight excluding hydrogens is 540 g/mol. The number of carbonyl (C=O) groups excluding carboxylic acids is 1. The minimum absolute atomic E-state index is 0.207. The fourth-order valence-corrected chi connectivity index (χ4v) is 3.40. The number of ether oxygens (including phenoxy) is 10. The van der Waals surface area contributed by atoms with Crippen molar-refractivity contribution < 1.29 is 52.2 Å². The first-order valence-corrected chi connectivity index (χ1v) is 14.3. The summed E-state index contributed by atoms with van der Waals surface area (Å²) in [4.78, 5) is 15.4. The van der Waals surface area contributed by atoms with E-state index >= 15 is 0 Å². The fraction of sp³-hybridized carbons (Fsp3) is 0.821. The van der Waals surface area contributed by atoms with Crippen LogP contribution in [0.5, 0.6) is 0 Å². The maximum Gasteiger partial charge on any atom is 0.330 e. The molecule has 0 aromatic carbocycles. The fourth-order valence-electron chi connectivity index (χ4n) is 3.40. The molecule has 41 heavy (non-hydrogen) atoms. The molecule has 1 aliphatic heterocycles. The maximum atomic E-state index is 10.9. The Labute approximate surface area is 245 Å². The normalized spacial score (nSPS) is 14.7. The van der Waals surface area contributed by atoms with Crippen LogP contribution >= 0.6 is 0 Å². The lowest BCUT2D eigenvalue weighted by Crippen LogP contribution is -2.39. The smallest absolute Gasteiger partial charge is 0.330 e. The van der Waals surface area contributed by atoms with E-state index in [4.69, 9.17) is 47.4 Å². The second-order valence-electron chi connectivity index (χ2n) is 8.67. The monoisotopic (exact) mass is 592 g/mol. The van der Waals surface area contributed by atoms with Gasteiger partial charge in [0, 0.05) is 38.7 Å².